The van der Waals surface area contributed by atoms with Crippen molar-refractivity contribution in [2.24, 2.45) is 0 Å². The van der Waals surface area contributed by atoms with Crippen LogP contribution in [0.1, 0.15) is 27.2 Å². The number of likely N-dealkylation sites (tertiary alicyclic amines) is 1. The van der Waals surface area contributed by atoms with Crippen LogP contribution in [-0.2, 0) is 9.47 Å². The molecular weight excluding hydrogens is 206 g/mol. The third kappa shape index (κ3) is 1.94. The van der Waals surface area contributed by atoms with Gasteiger partial charge in [-0.05, 0) is 20.8 Å². The van der Waals surface area contributed by atoms with Crippen LogP contribution < -0.4 is 0 Å². The lowest BCUT2D eigenvalue weighted by molar-refractivity contribution is -0.0314. The fraction of sp³-hybridized carbons (Fsp3) is 0.750. The maximum atomic E-state index is 11.9. The van der Waals surface area contributed by atoms with Crippen molar-refractivity contribution in [3.05, 3.63) is 12.7 Å². The molecule has 90 valence electrons. The largest absolute Gasteiger partial charge is 0.444 e. The number of hydrogen-bond acceptors (Lipinski definition) is 3. The highest BCUT2D eigenvalue weighted by atomic mass is 16.6. The maximum absolute atomic E-state index is 11.9. The van der Waals surface area contributed by atoms with Crippen molar-refractivity contribution in [1.82, 2.24) is 4.90 Å². The quantitative estimate of drug-likeness (QED) is 0.640. The second-order valence-electron chi connectivity index (χ2n) is 5.55. The normalized spacial score (nSPS) is 32.9. The predicted molar refractivity (Wildman–Crippen MR) is 60.2 cm³/mol. The molecule has 16 heavy (non-hydrogen) atoms. The summed E-state index contributed by atoms with van der Waals surface area (Å²) in [6.45, 7) is 10.6. The van der Waals surface area contributed by atoms with Crippen LogP contribution in [0.4, 0.5) is 4.79 Å². The van der Waals surface area contributed by atoms with Crippen LogP contribution in [0.5, 0.6) is 0 Å². The number of carbonyl (C=O) groups is 1. The van der Waals surface area contributed by atoms with Crippen LogP contribution >= 0.6 is 0 Å². The highest BCUT2D eigenvalue weighted by Gasteiger charge is 2.51. The number of carbonyl (C=O) groups excluding carboxylic acids is 1. The molecule has 2 aliphatic heterocycles. The van der Waals surface area contributed by atoms with Gasteiger partial charge in [0.15, 0.2) is 0 Å². The van der Waals surface area contributed by atoms with Crippen molar-refractivity contribution < 1.29 is 14.3 Å². The summed E-state index contributed by atoms with van der Waals surface area (Å²) in [5.74, 6) is 0. The van der Waals surface area contributed by atoms with Crippen LogP contribution in [0.15, 0.2) is 12.7 Å². The molecule has 0 unspecified atom stereocenters. The fourth-order valence-electron chi connectivity index (χ4n) is 2.25. The van der Waals surface area contributed by atoms with E-state index in [9.17, 15) is 4.79 Å². The Morgan fingerprint density at radius 3 is 2.81 bits per heavy atom. The van der Waals surface area contributed by atoms with E-state index in [1.54, 1.807) is 11.0 Å². The van der Waals surface area contributed by atoms with Crippen molar-refractivity contribution in [3.63, 3.8) is 0 Å². The molecule has 0 aliphatic carbocycles. The van der Waals surface area contributed by atoms with Crippen LogP contribution in [-0.4, -0.2) is 41.4 Å². The van der Waals surface area contributed by atoms with E-state index in [1.807, 2.05) is 20.8 Å². The van der Waals surface area contributed by atoms with Gasteiger partial charge in [-0.1, -0.05) is 6.08 Å². The molecule has 0 aromatic heterocycles. The Labute approximate surface area is 96.2 Å². The van der Waals surface area contributed by atoms with Crippen molar-refractivity contribution in [2.75, 3.05) is 13.2 Å². The van der Waals surface area contributed by atoms with Gasteiger partial charge in [-0.2, -0.15) is 0 Å². The average Bonchev–Trinajstić information content (AvgIpc) is 2.72. The molecule has 4 heteroatoms. The van der Waals surface area contributed by atoms with E-state index in [0.29, 0.717) is 13.2 Å². The number of fused-ring (bicyclic) bond motifs is 2. The standard InChI is InChI=1S/C12H19NO3/c1-5-12-6-9(7-15-12)13(8-12)10(14)16-11(2,3)4/h5,9H,1,6-8H2,2-4H3/t9-,12-/m0/s1. The summed E-state index contributed by atoms with van der Waals surface area (Å²) in [7, 11) is 0. The van der Waals surface area contributed by atoms with E-state index in [1.165, 1.54) is 0 Å². The lowest BCUT2D eigenvalue weighted by atomic mass is 10.0. The Morgan fingerprint density at radius 1 is 1.62 bits per heavy atom. The average molecular weight is 225 g/mol. The van der Waals surface area contributed by atoms with Gasteiger partial charge in [0.2, 0.25) is 0 Å². The summed E-state index contributed by atoms with van der Waals surface area (Å²) < 4.78 is 11.0. The molecule has 0 aromatic rings. The van der Waals surface area contributed by atoms with Gasteiger partial charge in [0.05, 0.1) is 19.2 Å². The first kappa shape index (κ1) is 11.5. The third-order valence-electron chi connectivity index (χ3n) is 3.02. The van der Waals surface area contributed by atoms with Crippen LogP contribution in [0, 0.1) is 0 Å². The van der Waals surface area contributed by atoms with Crippen LogP contribution in [0.2, 0.25) is 0 Å². The smallest absolute Gasteiger partial charge is 0.410 e. The maximum Gasteiger partial charge on any atom is 0.410 e. The predicted octanol–water partition coefficient (Wildman–Crippen LogP) is 1.95. The molecule has 0 spiro atoms. The Hall–Kier alpha value is -1.03. The number of hydrogen-bond donors (Lipinski definition) is 0. The van der Waals surface area contributed by atoms with E-state index in [4.69, 9.17) is 9.47 Å². The molecule has 4 nitrogen and oxygen atoms in total. The van der Waals surface area contributed by atoms with Crippen molar-refractivity contribution in [3.8, 4) is 0 Å². The van der Waals surface area contributed by atoms with E-state index in [0.717, 1.165) is 6.42 Å². The van der Waals surface area contributed by atoms with Crippen molar-refractivity contribution in [2.45, 2.75) is 44.4 Å². The van der Waals surface area contributed by atoms with E-state index >= 15 is 0 Å². The second kappa shape index (κ2) is 3.48. The molecule has 2 rings (SSSR count). The zero-order chi connectivity index (χ0) is 12.0. The Balaban J connectivity index is 2.03. The number of morpholine rings is 1. The van der Waals surface area contributed by atoms with Gasteiger partial charge in [-0.15, -0.1) is 6.58 Å². The van der Waals surface area contributed by atoms with Gasteiger partial charge < -0.3 is 9.47 Å². The van der Waals surface area contributed by atoms with E-state index in [-0.39, 0.29) is 17.7 Å². The first-order valence-electron chi connectivity index (χ1n) is 5.62. The number of ether oxygens (including phenoxy) is 2. The molecule has 1 amide bonds. The zero-order valence-electron chi connectivity index (χ0n) is 10.2. The molecule has 2 bridgehead atoms. The van der Waals surface area contributed by atoms with Gasteiger partial charge in [0.25, 0.3) is 0 Å². The summed E-state index contributed by atoms with van der Waals surface area (Å²) >= 11 is 0. The molecule has 2 fully saturated rings. The van der Waals surface area contributed by atoms with Crippen molar-refractivity contribution >= 4 is 6.09 Å². The molecular formula is C12H19NO3. The van der Waals surface area contributed by atoms with Crippen molar-refractivity contribution in [1.29, 1.82) is 0 Å². The minimum absolute atomic E-state index is 0.146. The summed E-state index contributed by atoms with van der Waals surface area (Å²) in [6, 6.07) is 0.146. The first-order valence-corrected chi connectivity index (χ1v) is 5.62. The molecule has 2 heterocycles. The minimum Gasteiger partial charge on any atom is -0.444 e. The summed E-state index contributed by atoms with van der Waals surface area (Å²) in [5, 5.41) is 0. The highest BCUT2D eigenvalue weighted by Crippen LogP contribution is 2.38. The molecule has 0 N–H and O–H groups in total. The molecule has 2 atom stereocenters. The molecule has 2 saturated heterocycles. The SMILES string of the molecule is C=C[C@@]12C[C@@H](CO1)N(C(=O)OC(C)(C)C)C2. The molecule has 0 radical (unpaired) electrons. The summed E-state index contributed by atoms with van der Waals surface area (Å²) in [5.41, 5.74) is -0.775. The van der Waals surface area contributed by atoms with E-state index in [2.05, 4.69) is 6.58 Å². The number of rotatable bonds is 1. The fourth-order valence-corrected chi connectivity index (χ4v) is 2.25. The second-order valence-corrected chi connectivity index (χ2v) is 5.55. The summed E-state index contributed by atoms with van der Waals surface area (Å²) in [6.07, 6.45) is 2.40. The third-order valence-corrected chi connectivity index (χ3v) is 3.02. The Morgan fingerprint density at radius 2 is 2.31 bits per heavy atom. The molecule has 2 aliphatic rings. The van der Waals surface area contributed by atoms with Gasteiger partial charge in [0.1, 0.15) is 11.2 Å². The van der Waals surface area contributed by atoms with Gasteiger partial charge in [-0.3, -0.25) is 4.90 Å². The topological polar surface area (TPSA) is 38.8 Å². The lowest BCUT2D eigenvalue weighted by Crippen LogP contribution is -2.46. The first-order chi connectivity index (χ1) is 7.35. The monoisotopic (exact) mass is 225 g/mol. The minimum atomic E-state index is -0.443. The van der Waals surface area contributed by atoms with Gasteiger partial charge in [-0.25, -0.2) is 4.79 Å². The number of nitrogens with zero attached hydrogens (tertiary/aromatic N) is 1. The highest BCUT2D eigenvalue weighted by molar-refractivity contribution is 5.69. The Kier molecular flexibility index (Phi) is 2.49. The van der Waals surface area contributed by atoms with Gasteiger partial charge >= 0.3 is 6.09 Å². The van der Waals surface area contributed by atoms with E-state index < -0.39 is 5.60 Å². The number of amides is 1. The summed E-state index contributed by atoms with van der Waals surface area (Å²) in [4.78, 5) is 13.7. The Bertz CT molecular complexity index is 321. The molecule has 0 aromatic carbocycles. The van der Waals surface area contributed by atoms with Crippen LogP contribution in [0.3, 0.4) is 0 Å². The zero-order valence-corrected chi connectivity index (χ0v) is 10.2. The lowest BCUT2D eigenvalue weighted by Gasteiger charge is -2.32. The van der Waals surface area contributed by atoms with Gasteiger partial charge in [0, 0.05) is 6.42 Å². The molecule has 0 saturated carbocycles. The van der Waals surface area contributed by atoms with Crippen LogP contribution in [0.25, 0.3) is 0 Å².